The average molecular weight is 260 g/mol. The first-order valence-electron chi connectivity index (χ1n) is 5.14. The third kappa shape index (κ3) is 5.37. The summed E-state index contributed by atoms with van der Waals surface area (Å²) in [4.78, 5) is 10.3. The molecule has 0 aliphatic heterocycles. The molecule has 0 aromatic heterocycles. The van der Waals surface area contributed by atoms with E-state index in [1.807, 2.05) is 6.92 Å². The zero-order valence-electron chi connectivity index (χ0n) is 9.74. The fourth-order valence-electron chi connectivity index (χ4n) is 0.986. The average Bonchev–Trinajstić information content (AvgIpc) is 2.25. The van der Waals surface area contributed by atoms with Crippen molar-refractivity contribution in [2.75, 3.05) is 0 Å². The first-order chi connectivity index (χ1) is 8.29. The number of carbonyl (C=O) groups is 1. The molecule has 0 unspecified atom stereocenters. The van der Waals surface area contributed by atoms with E-state index >= 15 is 0 Å². The summed E-state index contributed by atoms with van der Waals surface area (Å²) in [6, 6.07) is 1.69. The summed E-state index contributed by atoms with van der Waals surface area (Å²) in [6.07, 6.45) is 0.215. The number of aliphatic hydroxyl groups is 2. The zero-order valence-corrected chi connectivity index (χ0v) is 9.74. The Morgan fingerprint density at radius 3 is 1.83 bits per heavy atom. The Labute approximate surface area is 103 Å². The van der Waals surface area contributed by atoms with Crippen molar-refractivity contribution in [1.29, 1.82) is 0 Å². The maximum absolute atomic E-state index is 10.3. The van der Waals surface area contributed by atoms with Gasteiger partial charge in [0.1, 0.15) is 0 Å². The number of hydrogen-bond acceptors (Lipinski definition) is 6. The summed E-state index contributed by atoms with van der Waals surface area (Å²) in [7, 11) is 0. The van der Waals surface area contributed by atoms with E-state index < -0.39 is 29.5 Å². The molecule has 0 radical (unpaired) electrons. The molecule has 102 valence electrons. The van der Waals surface area contributed by atoms with Gasteiger partial charge in [0.2, 0.25) is 0 Å². The number of aliphatic hydroxyl groups excluding tert-OH is 1. The molecule has 0 atom stereocenters. The normalized spacial score (nSPS) is 9.78. The Hall–Kier alpha value is -1.99. The molecule has 6 N–H and O–H groups in total. The monoisotopic (exact) mass is 260 g/mol. The summed E-state index contributed by atoms with van der Waals surface area (Å²) < 4.78 is 0. The molecule has 0 saturated carbocycles. The maximum Gasteiger partial charge on any atom is 0.335 e. The van der Waals surface area contributed by atoms with E-state index in [-0.39, 0.29) is 5.56 Å². The molecule has 1 aromatic carbocycles. The Kier molecular flexibility index (Phi) is 6.54. The SMILES string of the molecule is CCCC(O)O.O=C(O)c1cc(O)c(O)c(O)c1. The quantitative estimate of drug-likeness (QED) is 0.345. The van der Waals surface area contributed by atoms with Gasteiger partial charge in [-0.3, -0.25) is 0 Å². The van der Waals surface area contributed by atoms with Crippen LogP contribution in [0.3, 0.4) is 0 Å². The topological polar surface area (TPSA) is 138 Å². The summed E-state index contributed by atoms with van der Waals surface area (Å²) in [6.45, 7) is 1.90. The van der Waals surface area contributed by atoms with Crippen LogP contribution in [-0.2, 0) is 0 Å². The number of aromatic carboxylic acids is 1. The molecule has 7 nitrogen and oxygen atoms in total. The number of phenols is 3. The molecular weight excluding hydrogens is 244 g/mol. The van der Waals surface area contributed by atoms with Crippen molar-refractivity contribution in [3.05, 3.63) is 17.7 Å². The van der Waals surface area contributed by atoms with Gasteiger partial charge in [0.05, 0.1) is 5.56 Å². The van der Waals surface area contributed by atoms with Crippen LogP contribution in [0.1, 0.15) is 30.1 Å². The van der Waals surface area contributed by atoms with Gasteiger partial charge in [0, 0.05) is 0 Å². The Bertz CT molecular complexity index is 377. The molecule has 0 aliphatic carbocycles. The largest absolute Gasteiger partial charge is 0.504 e. The number of carboxylic acids is 1. The van der Waals surface area contributed by atoms with Gasteiger partial charge in [-0.1, -0.05) is 13.3 Å². The number of rotatable bonds is 3. The van der Waals surface area contributed by atoms with Crippen LogP contribution in [0.5, 0.6) is 17.2 Å². The van der Waals surface area contributed by atoms with E-state index in [0.717, 1.165) is 18.6 Å². The number of aromatic hydroxyl groups is 3. The van der Waals surface area contributed by atoms with Crippen LogP contribution < -0.4 is 0 Å². The third-order valence-corrected chi connectivity index (χ3v) is 1.86. The van der Waals surface area contributed by atoms with Crippen molar-refractivity contribution in [2.24, 2.45) is 0 Å². The highest BCUT2D eigenvalue weighted by molar-refractivity contribution is 5.89. The Morgan fingerprint density at radius 2 is 1.61 bits per heavy atom. The number of hydrogen-bond donors (Lipinski definition) is 6. The summed E-state index contributed by atoms with van der Waals surface area (Å²) in [5, 5.41) is 51.2. The molecule has 0 heterocycles. The number of phenolic OH excluding ortho intramolecular Hbond substituents is 3. The highest BCUT2D eigenvalue weighted by Crippen LogP contribution is 2.35. The lowest BCUT2D eigenvalue weighted by molar-refractivity contribution is -0.0453. The lowest BCUT2D eigenvalue weighted by atomic mass is 10.2. The van der Waals surface area contributed by atoms with Crippen molar-refractivity contribution in [3.8, 4) is 17.2 Å². The molecule has 0 amide bonds. The van der Waals surface area contributed by atoms with Crippen LogP contribution in [-0.4, -0.2) is 42.9 Å². The smallest absolute Gasteiger partial charge is 0.335 e. The van der Waals surface area contributed by atoms with E-state index in [4.69, 9.17) is 30.6 Å². The zero-order chi connectivity index (χ0) is 14.3. The van der Waals surface area contributed by atoms with E-state index in [0.29, 0.717) is 6.42 Å². The second-order valence-corrected chi connectivity index (χ2v) is 3.44. The van der Waals surface area contributed by atoms with E-state index in [1.165, 1.54) is 0 Å². The molecule has 1 rings (SSSR count). The Morgan fingerprint density at radius 1 is 1.17 bits per heavy atom. The minimum atomic E-state index is -1.29. The predicted molar refractivity (Wildman–Crippen MR) is 61.5 cm³/mol. The molecule has 0 bridgehead atoms. The van der Waals surface area contributed by atoms with Crippen LogP contribution in [0.2, 0.25) is 0 Å². The number of carboxylic acid groups (broad SMARTS) is 1. The lowest BCUT2D eigenvalue weighted by Gasteiger charge is -2.01. The fraction of sp³-hybridized carbons (Fsp3) is 0.364. The minimum absolute atomic E-state index is 0.289. The van der Waals surface area contributed by atoms with Gasteiger partial charge >= 0.3 is 5.97 Å². The number of benzene rings is 1. The second-order valence-electron chi connectivity index (χ2n) is 3.44. The van der Waals surface area contributed by atoms with Gasteiger partial charge in [0.25, 0.3) is 0 Å². The van der Waals surface area contributed by atoms with Gasteiger partial charge in [-0.2, -0.15) is 0 Å². The summed E-state index contributed by atoms with van der Waals surface area (Å²) >= 11 is 0. The first-order valence-corrected chi connectivity index (χ1v) is 5.14. The standard InChI is InChI=1S/C7H6O5.C4H10O2/c8-4-1-3(7(11)12)2-5(9)6(4)10;1-2-3-4(5)6/h1-2,8-10H,(H,11,12);4-6H,2-3H2,1H3. The molecule has 0 fully saturated rings. The molecule has 18 heavy (non-hydrogen) atoms. The van der Waals surface area contributed by atoms with E-state index in [9.17, 15) is 4.79 Å². The second kappa shape index (κ2) is 7.36. The molecule has 0 aliphatic rings. The van der Waals surface area contributed by atoms with Gasteiger partial charge in [0.15, 0.2) is 23.5 Å². The lowest BCUT2D eigenvalue weighted by Crippen LogP contribution is -2.01. The summed E-state index contributed by atoms with van der Waals surface area (Å²) in [5.74, 6) is -3.33. The van der Waals surface area contributed by atoms with Crippen LogP contribution in [0.15, 0.2) is 12.1 Å². The van der Waals surface area contributed by atoms with Crippen molar-refractivity contribution < 1.29 is 35.4 Å². The first kappa shape index (κ1) is 16.0. The Balaban J connectivity index is 0.000000411. The van der Waals surface area contributed by atoms with E-state index in [1.54, 1.807) is 0 Å². The van der Waals surface area contributed by atoms with Crippen LogP contribution in [0, 0.1) is 0 Å². The molecule has 0 spiro atoms. The molecular formula is C11H16O7. The van der Waals surface area contributed by atoms with Crippen LogP contribution >= 0.6 is 0 Å². The summed E-state index contributed by atoms with van der Waals surface area (Å²) in [5.41, 5.74) is -0.289. The maximum atomic E-state index is 10.3. The van der Waals surface area contributed by atoms with Gasteiger partial charge in [-0.25, -0.2) is 4.79 Å². The van der Waals surface area contributed by atoms with Gasteiger partial charge in [-0.05, 0) is 18.6 Å². The van der Waals surface area contributed by atoms with Crippen molar-refractivity contribution in [1.82, 2.24) is 0 Å². The van der Waals surface area contributed by atoms with Crippen LogP contribution in [0.25, 0.3) is 0 Å². The van der Waals surface area contributed by atoms with Crippen molar-refractivity contribution >= 4 is 5.97 Å². The minimum Gasteiger partial charge on any atom is -0.504 e. The molecule has 7 heteroatoms. The van der Waals surface area contributed by atoms with Gasteiger partial charge in [-0.15, -0.1) is 0 Å². The van der Waals surface area contributed by atoms with Crippen molar-refractivity contribution in [2.45, 2.75) is 26.1 Å². The highest BCUT2D eigenvalue weighted by Gasteiger charge is 2.11. The molecule has 0 saturated heterocycles. The van der Waals surface area contributed by atoms with Crippen LogP contribution in [0.4, 0.5) is 0 Å². The van der Waals surface area contributed by atoms with Crippen molar-refractivity contribution in [3.63, 3.8) is 0 Å². The molecule has 1 aromatic rings. The van der Waals surface area contributed by atoms with E-state index in [2.05, 4.69) is 0 Å². The predicted octanol–water partition coefficient (Wildman–Crippen LogP) is 0.599. The highest BCUT2D eigenvalue weighted by atomic mass is 16.5. The third-order valence-electron chi connectivity index (χ3n) is 1.86. The van der Waals surface area contributed by atoms with Gasteiger partial charge < -0.3 is 30.6 Å². The fourth-order valence-corrected chi connectivity index (χ4v) is 0.986.